The second-order valence-electron chi connectivity index (χ2n) is 6.81. The van der Waals surface area contributed by atoms with E-state index in [-0.39, 0.29) is 24.5 Å². The van der Waals surface area contributed by atoms with Crippen LogP contribution in [0.3, 0.4) is 0 Å². The number of aryl methyl sites for hydroxylation is 2. The molecule has 0 radical (unpaired) electrons. The fraction of sp³-hybridized carbons (Fsp3) is 0.318. The Morgan fingerprint density at radius 2 is 1.93 bits per heavy atom. The molecule has 0 unspecified atom stereocenters. The molecule has 1 aromatic carbocycles. The van der Waals surface area contributed by atoms with Gasteiger partial charge in [0.25, 0.3) is 0 Å². The molecule has 6 heteroatoms. The van der Waals surface area contributed by atoms with Crippen molar-refractivity contribution in [2.45, 2.75) is 39.7 Å². The quantitative estimate of drug-likeness (QED) is 0.558. The van der Waals surface area contributed by atoms with E-state index in [1.54, 1.807) is 17.5 Å². The number of nitrogens with one attached hydrogen (secondary N) is 1. The number of carbonyl (C=O) groups excluding carboxylic acids is 2. The van der Waals surface area contributed by atoms with Gasteiger partial charge in [-0.15, -0.1) is 11.3 Å². The average Bonchev–Trinajstić information content (AvgIpc) is 3.26. The first-order valence-corrected chi connectivity index (χ1v) is 10.3. The zero-order valence-corrected chi connectivity index (χ0v) is 17.1. The summed E-state index contributed by atoms with van der Waals surface area (Å²) in [5, 5.41) is 2.90. The van der Waals surface area contributed by atoms with E-state index in [1.807, 2.05) is 44.3 Å². The molecule has 2 aromatic heterocycles. The van der Waals surface area contributed by atoms with Gasteiger partial charge in [0.1, 0.15) is 5.82 Å². The van der Waals surface area contributed by atoms with Crippen molar-refractivity contribution < 1.29 is 9.59 Å². The molecule has 0 atom stereocenters. The largest absolute Gasteiger partial charge is 0.356 e. The maximum absolute atomic E-state index is 12.3. The van der Waals surface area contributed by atoms with Crippen LogP contribution in [-0.2, 0) is 17.8 Å². The van der Waals surface area contributed by atoms with Crippen molar-refractivity contribution in [3.05, 3.63) is 75.5 Å². The molecular formula is C22H25N3O2S. The number of imidazole rings is 1. The lowest BCUT2D eigenvalue weighted by atomic mass is 10.1. The molecule has 3 aromatic rings. The average molecular weight is 396 g/mol. The monoisotopic (exact) mass is 395 g/mol. The van der Waals surface area contributed by atoms with E-state index in [9.17, 15) is 9.59 Å². The normalized spacial score (nSPS) is 10.8. The van der Waals surface area contributed by atoms with E-state index < -0.39 is 0 Å². The third-order valence-electron chi connectivity index (χ3n) is 4.59. The van der Waals surface area contributed by atoms with E-state index in [2.05, 4.69) is 27.0 Å². The Morgan fingerprint density at radius 1 is 1.14 bits per heavy atom. The van der Waals surface area contributed by atoms with Crippen LogP contribution in [-0.4, -0.2) is 27.8 Å². The highest BCUT2D eigenvalue weighted by Gasteiger charge is 2.14. The van der Waals surface area contributed by atoms with Gasteiger partial charge in [-0.2, -0.15) is 0 Å². The van der Waals surface area contributed by atoms with Gasteiger partial charge in [-0.25, -0.2) is 4.98 Å². The Labute approximate surface area is 169 Å². The third-order valence-corrected chi connectivity index (χ3v) is 5.55. The highest BCUT2D eigenvalue weighted by Crippen LogP contribution is 2.22. The number of hydrogen-bond donors (Lipinski definition) is 1. The topological polar surface area (TPSA) is 64.0 Å². The molecule has 0 aliphatic carbocycles. The molecule has 5 nitrogen and oxygen atoms in total. The number of rotatable bonds is 9. The van der Waals surface area contributed by atoms with E-state index in [4.69, 9.17) is 0 Å². The number of thiophene rings is 1. The highest BCUT2D eigenvalue weighted by atomic mass is 32.1. The van der Waals surface area contributed by atoms with Crippen molar-refractivity contribution in [2.24, 2.45) is 0 Å². The second kappa shape index (κ2) is 9.46. The number of aromatic nitrogens is 2. The molecule has 0 saturated carbocycles. The van der Waals surface area contributed by atoms with Crippen molar-refractivity contribution in [2.75, 3.05) is 6.54 Å². The molecule has 0 fully saturated rings. The first-order valence-electron chi connectivity index (χ1n) is 9.44. The SMILES string of the molecule is Cc1cc(C(=O)CCC(=O)NCCc2nccn2Cc2ccccc2)c(C)s1. The van der Waals surface area contributed by atoms with Crippen molar-refractivity contribution in [1.82, 2.24) is 14.9 Å². The van der Waals surface area contributed by atoms with Crippen LogP contribution in [0.15, 0.2) is 48.8 Å². The van der Waals surface area contributed by atoms with E-state index in [0.29, 0.717) is 13.0 Å². The number of hydrogen-bond acceptors (Lipinski definition) is 4. The molecule has 146 valence electrons. The summed E-state index contributed by atoms with van der Waals surface area (Å²) in [5.41, 5.74) is 1.96. The summed E-state index contributed by atoms with van der Waals surface area (Å²) < 4.78 is 2.09. The molecule has 0 saturated heterocycles. The summed E-state index contributed by atoms with van der Waals surface area (Å²) in [4.78, 5) is 30.9. The van der Waals surface area contributed by atoms with Crippen molar-refractivity contribution >= 4 is 23.0 Å². The minimum Gasteiger partial charge on any atom is -0.356 e. The number of ketones is 1. The van der Waals surface area contributed by atoms with Crippen molar-refractivity contribution in [3.63, 3.8) is 0 Å². The van der Waals surface area contributed by atoms with Gasteiger partial charge in [0.2, 0.25) is 5.91 Å². The molecule has 1 N–H and O–H groups in total. The minimum atomic E-state index is -0.0980. The number of amides is 1. The van der Waals surface area contributed by atoms with Crippen LogP contribution in [0.1, 0.15) is 44.3 Å². The molecule has 0 bridgehead atoms. The Kier molecular flexibility index (Phi) is 6.76. The standard InChI is InChI=1S/C22H25N3O2S/c1-16-14-19(17(2)28-16)20(26)8-9-22(27)24-11-10-21-23-12-13-25(21)15-18-6-4-3-5-7-18/h3-7,12-14H,8-11,15H2,1-2H3,(H,24,27). The molecule has 1 amide bonds. The van der Waals surface area contributed by atoms with Crippen LogP contribution in [0.2, 0.25) is 0 Å². The van der Waals surface area contributed by atoms with E-state index in [1.165, 1.54) is 5.56 Å². The number of carbonyl (C=O) groups is 2. The van der Waals surface area contributed by atoms with Crippen LogP contribution in [0, 0.1) is 13.8 Å². The third kappa shape index (κ3) is 5.39. The van der Waals surface area contributed by atoms with Crippen LogP contribution < -0.4 is 5.32 Å². The summed E-state index contributed by atoms with van der Waals surface area (Å²) in [7, 11) is 0. The summed E-state index contributed by atoms with van der Waals surface area (Å²) in [5.74, 6) is 0.874. The van der Waals surface area contributed by atoms with Crippen molar-refractivity contribution in [1.29, 1.82) is 0 Å². The predicted octanol–water partition coefficient (Wildman–Crippen LogP) is 3.93. The Hall–Kier alpha value is -2.73. The zero-order chi connectivity index (χ0) is 19.9. The van der Waals surface area contributed by atoms with Gasteiger partial charge in [0, 0.05) is 60.1 Å². The van der Waals surface area contributed by atoms with Crippen LogP contribution >= 0.6 is 11.3 Å². The van der Waals surface area contributed by atoms with Gasteiger partial charge in [0.15, 0.2) is 5.78 Å². The Bertz CT molecular complexity index is 944. The fourth-order valence-electron chi connectivity index (χ4n) is 3.16. The van der Waals surface area contributed by atoms with Crippen molar-refractivity contribution in [3.8, 4) is 0 Å². The van der Waals surface area contributed by atoms with E-state index >= 15 is 0 Å². The molecular weight excluding hydrogens is 370 g/mol. The lowest BCUT2D eigenvalue weighted by Crippen LogP contribution is -2.26. The number of benzene rings is 1. The van der Waals surface area contributed by atoms with Gasteiger partial charge in [-0.1, -0.05) is 30.3 Å². The molecule has 3 rings (SSSR count). The van der Waals surface area contributed by atoms with Crippen LogP contribution in [0.4, 0.5) is 0 Å². The fourth-order valence-corrected chi connectivity index (χ4v) is 4.11. The predicted molar refractivity (Wildman–Crippen MR) is 112 cm³/mol. The number of nitrogens with zero attached hydrogens (tertiary/aromatic N) is 2. The zero-order valence-electron chi connectivity index (χ0n) is 16.3. The molecule has 0 spiro atoms. The molecule has 28 heavy (non-hydrogen) atoms. The second-order valence-corrected chi connectivity index (χ2v) is 8.27. The van der Waals surface area contributed by atoms with Gasteiger partial charge in [-0.3, -0.25) is 9.59 Å². The summed E-state index contributed by atoms with van der Waals surface area (Å²) in [6.07, 6.45) is 4.84. The van der Waals surface area contributed by atoms with Gasteiger partial charge >= 0.3 is 0 Å². The van der Waals surface area contributed by atoms with Crippen LogP contribution in [0.5, 0.6) is 0 Å². The molecule has 0 aliphatic heterocycles. The Morgan fingerprint density at radius 3 is 2.64 bits per heavy atom. The van der Waals surface area contributed by atoms with Gasteiger partial charge < -0.3 is 9.88 Å². The first-order chi connectivity index (χ1) is 13.5. The molecule has 2 heterocycles. The smallest absolute Gasteiger partial charge is 0.220 e. The maximum atomic E-state index is 12.3. The molecule has 0 aliphatic rings. The summed E-state index contributed by atoms with van der Waals surface area (Å²) >= 11 is 1.62. The maximum Gasteiger partial charge on any atom is 0.220 e. The minimum absolute atomic E-state index is 0.0374. The summed E-state index contributed by atoms with van der Waals surface area (Å²) in [6, 6.07) is 12.1. The van der Waals surface area contributed by atoms with E-state index in [0.717, 1.165) is 27.7 Å². The highest BCUT2D eigenvalue weighted by molar-refractivity contribution is 7.12. The Balaban J connectivity index is 1.43. The lowest BCUT2D eigenvalue weighted by molar-refractivity contribution is -0.121. The van der Waals surface area contributed by atoms with Crippen LogP contribution in [0.25, 0.3) is 0 Å². The first kappa shape index (κ1) is 20.0. The van der Waals surface area contributed by atoms with Gasteiger partial charge in [0.05, 0.1) is 0 Å². The number of Topliss-reactive ketones (excluding diaryl/α,β-unsaturated/α-hetero) is 1. The summed E-state index contributed by atoms with van der Waals surface area (Å²) in [6.45, 7) is 5.21. The van der Waals surface area contributed by atoms with Gasteiger partial charge in [-0.05, 0) is 25.5 Å². The lowest BCUT2D eigenvalue weighted by Gasteiger charge is -2.09.